The maximum atomic E-state index is 12.5. The molecule has 0 heterocycles. The van der Waals surface area contributed by atoms with Gasteiger partial charge in [-0.25, -0.2) is 0 Å². The molecule has 2 atom stereocenters. The molecule has 2 unspecified atom stereocenters. The zero-order valence-electron chi connectivity index (χ0n) is 44.8. The van der Waals surface area contributed by atoms with Gasteiger partial charge in [0.1, 0.15) is 0 Å². The molecule has 3 N–H and O–H groups in total. The van der Waals surface area contributed by atoms with Gasteiger partial charge in [-0.2, -0.15) is 0 Å². The van der Waals surface area contributed by atoms with Crippen LogP contribution in [0.2, 0.25) is 0 Å². The number of aliphatic hydroxyl groups excluding tert-OH is 2. The van der Waals surface area contributed by atoms with E-state index >= 15 is 0 Å². The van der Waals surface area contributed by atoms with Crippen LogP contribution in [-0.4, -0.2) is 34.9 Å². The van der Waals surface area contributed by atoms with Crippen molar-refractivity contribution >= 4 is 5.91 Å². The van der Waals surface area contributed by atoms with Gasteiger partial charge in [0.25, 0.3) is 0 Å². The molecule has 1 amide bonds. The standard InChI is InChI=1S/C61H121NO3/c1-3-5-7-9-11-13-15-17-19-21-22-23-24-25-26-27-28-29-30-31-32-33-34-35-36-37-38-39-40-41-43-45-47-49-51-53-55-57-61(65)62-59(58-63)60(64)56-54-52-50-48-46-44-42-20-18-16-14-12-10-8-6-4-2/h21-22,59-60,63-64H,3-20,23-58H2,1-2H3,(H,62,65)/b22-21-. The van der Waals surface area contributed by atoms with E-state index < -0.39 is 12.1 Å². The summed E-state index contributed by atoms with van der Waals surface area (Å²) in [5.74, 6) is -0.0230. The van der Waals surface area contributed by atoms with Gasteiger partial charge in [-0.15, -0.1) is 0 Å². The Balaban J connectivity index is 3.35. The lowest BCUT2D eigenvalue weighted by molar-refractivity contribution is -0.123. The molecule has 0 aromatic rings. The maximum Gasteiger partial charge on any atom is 0.220 e. The molecule has 0 spiro atoms. The van der Waals surface area contributed by atoms with Crippen molar-refractivity contribution in [3.8, 4) is 0 Å². The average molecular weight is 917 g/mol. The highest BCUT2D eigenvalue weighted by molar-refractivity contribution is 5.76. The first-order valence-electron chi connectivity index (χ1n) is 30.4. The largest absolute Gasteiger partial charge is 0.394 e. The van der Waals surface area contributed by atoms with Crippen LogP contribution in [0.25, 0.3) is 0 Å². The molecule has 0 bridgehead atoms. The molecule has 0 aromatic carbocycles. The number of unbranched alkanes of at least 4 members (excludes halogenated alkanes) is 48. The van der Waals surface area contributed by atoms with Gasteiger partial charge in [-0.3, -0.25) is 4.79 Å². The van der Waals surface area contributed by atoms with Crippen molar-refractivity contribution in [1.29, 1.82) is 0 Å². The summed E-state index contributed by atoms with van der Waals surface area (Å²) in [6.45, 7) is 4.39. The van der Waals surface area contributed by atoms with E-state index in [4.69, 9.17) is 0 Å². The van der Waals surface area contributed by atoms with Gasteiger partial charge in [-0.05, 0) is 38.5 Å². The minimum Gasteiger partial charge on any atom is -0.394 e. The Labute approximate surface area is 409 Å². The molecule has 65 heavy (non-hydrogen) atoms. The van der Waals surface area contributed by atoms with Crippen LogP contribution in [0.15, 0.2) is 12.2 Å². The van der Waals surface area contributed by atoms with Crippen LogP contribution in [0.4, 0.5) is 0 Å². The topological polar surface area (TPSA) is 69.6 Å². The molecule has 0 saturated heterocycles. The third-order valence-corrected chi connectivity index (χ3v) is 14.5. The number of hydrogen-bond acceptors (Lipinski definition) is 3. The molecule has 0 aromatic heterocycles. The van der Waals surface area contributed by atoms with Gasteiger partial charge in [0.15, 0.2) is 0 Å². The zero-order chi connectivity index (χ0) is 47.0. The summed E-state index contributed by atoms with van der Waals surface area (Å²) in [5.41, 5.74) is 0. The van der Waals surface area contributed by atoms with Gasteiger partial charge in [-0.1, -0.05) is 321 Å². The first-order chi connectivity index (χ1) is 32.2. The van der Waals surface area contributed by atoms with Crippen LogP contribution in [-0.2, 0) is 4.79 Å². The summed E-state index contributed by atoms with van der Waals surface area (Å²) < 4.78 is 0. The fourth-order valence-electron chi connectivity index (χ4n) is 9.89. The first kappa shape index (κ1) is 64.1. The van der Waals surface area contributed by atoms with E-state index in [9.17, 15) is 15.0 Å². The fourth-order valence-corrected chi connectivity index (χ4v) is 9.89. The van der Waals surface area contributed by atoms with E-state index in [1.165, 1.54) is 302 Å². The lowest BCUT2D eigenvalue weighted by atomic mass is 10.0. The van der Waals surface area contributed by atoms with Crippen molar-refractivity contribution in [3.63, 3.8) is 0 Å². The fraction of sp³-hybridized carbons (Fsp3) is 0.951. The molecule has 0 saturated carbocycles. The smallest absolute Gasteiger partial charge is 0.220 e. The van der Waals surface area contributed by atoms with Crippen LogP contribution in [0.1, 0.15) is 354 Å². The van der Waals surface area contributed by atoms with Gasteiger partial charge in [0.2, 0.25) is 5.91 Å². The van der Waals surface area contributed by atoms with Gasteiger partial charge < -0.3 is 15.5 Å². The second-order valence-electron chi connectivity index (χ2n) is 21.1. The highest BCUT2D eigenvalue weighted by atomic mass is 16.3. The van der Waals surface area contributed by atoms with Crippen LogP contribution >= 0.6 is 0 Å². The normalized spacial score (nSPS) is 12.7. The van der Waals surface area contributed by atoms with E-state index in [1.807, 2.05) is 0 Å². The summed E-state index contributed by atoms with van der Waals surface area (Å²) >= 11 is 0. The van der Waals surface area contributed by atoms with E-state index in [1.54, 1.807) is 0 Å². The lowest BCUT2D eigenvalue weighted by Gasteiger charge is -2.22. The summed E-state index contributed by atoms with van der Waals surface area (Å²) in [5, 5.41) is 23.3. The molecular weight excluding hydrogens is 795 g/mol. The van der Waals surface area contributed by atoms with Crippen molar-refractivity contribution in [2.75, 3.05) is 6.61 Å². The Bertz CT molecular complexity index is 905. The summed E-state index contributed by atoms with van der Waals surface area (Å²) in [7, 11) is 0. The van der Waals surface area contributed by atoms with Gasteiger partial charge in [0, 0.05) is 6.42 Å². The summed E-state index contributed by atoms with van der Waals surface area (Å²) in [6, 6.07) is -0.532. The van der Waals surface area contributed by atoms with Crippen LogP contribution in [0.5, 0.6) is 0 Å². The second-order valence-corrected chi connectivity index (χ2v) is 21.1. The first-order valence-corrected chi connectivity index (χ1v) is 30.4. The predicted molar refractivity (Wildman–Crippen MR) is 290 cm³/mol. The van der Waals surface area contributed by atoms with Crippen molar-refractivity contribution in [2.24, 2.45) is 0 Å². The van der Waals surface area contributed by atoms with E-state index in [0.717, 1.165) is 25.7 Å². The van der Waals surface area contributed by atoms with Crippen molar-refractivity contribution in [1.82, 2.24) is 5.32 Å². The summed E-state index contributed by atoms with van der Waals surface area (Å²) in [6.07, 6.45) is 75.2. The number of nitrogens with one attached hydrogen (secondary N) is 1. The van der Waals surface area contributed by atoms with Crippen molar-refractivity contribution in [3.05, 3.63) is 12.2 Å². The molecule has 0 aliphatic rings. The Morgan fingerprint density at radius 1 is 0.354 bits per heavy atom. The molecule has 0 rings (SSSR count). The quantitative estimate of drug-likeness (QED) is 0.0421. The average Bonchev–Trinajstić information content (AvgIpc) is 3.31. The Morgan fingerprint density at radius 2 is 0.585 bits per heavy atom. The minimum absolute atomic E-state index is 0.0230. The number of amides is 1. The number of rotatable bonds is 57. The molecule has 4 heteroatoms. The highest BCUT2D eigenvalue weighted by Gasteiger charge is 2.20. The molecule has 0 fully saturated rings. The Kier molecular flexibility index (Phi) is 56.7. The second kappa shape index (κ2) is 57.4. The maximum absolute atomic E-state index is 12.5. The SMILES string of the molecule is CCCCCCCCCC/C=C\CCCCCCCCCCCCCCCCCCCCCCCCCCCC(=O)NC(CO)C(O)CCCCCCCCCCCCCCCCCC. The van der Waals surface area contributed by atoms with Crippen molar-refractivity contribution < 1.29 is 15.0 Å². The highest BCUT2D eigenvalue weighted by Crippen LogP contribution is 2.18. The molecule has 388 valence electrons. The number of carbonyl (C=O) groups is 1. The predicted octanol–water partition coefficient (Wildman–Crippen LogP) is 20.1. The van der Waals surface area contributed by atoms with Crippen LogP contribution in [0, 0.1) is 0 Å². The monoisotopic (exact) mass is 916 g/mol. The van der Waals surface area contributed by atoms with Crippen molar-refractivity contribution in [2.45, 2.75) is 366 Å². The van der Waals surface area contributed by atoms with E-state index in [0.29, 0.717) is 12.8 Å². The lowest BCUT2D eigenvalue weighted by Crippen LogP contribution is -2.45. The number of hydrogen-bond donors (Lipinski definition) is 3. The third kappa shape index (κ3) is 53.9. The number of aliphatic hydroxyl groups is 2. The van der Waals surface area contributed by atoms with E-state index in [2.05, 4.69) is 31.3 Å². The zero-order valence-corrected chi connectivity index (χ0v) is 44.8. The number of allylic oxidation sites excluding steroid dienone is 2. The van der Waals surface area contributed by atoms with E-state index in [-0.39, 0.29) is 12.5 Å². The minimum atomic E-state index is -0.655. The Morgan fingerprint density at radius 3 is 0.846 bits per heavy atom. The Hall–Kier alpha value is -0.870. The molecule has 0 aliphatic heterocycles. The van der Waals surface area contributed by atoms with Gasteiger partial charge in [0.05, 0.1) is 18.8 Å². The molecular formula is C61H121NO3. The molecule has 0 aliphatic carbocycles. The molecule has 4 nitrogen and oxygen atoms in total. The summed E-state index contributed by atoms with van der Waals surface area (Å²) in [4.78, 5) is 12.5. The third-order valence-electron chi connectivity index (χ3n) is 14.5. The van der Waals surface area contributed by atoms with Crippen LogP contribution < -0.4 is 5.32 Å². The van der Waals surface area contributed by atoms with Gasteiger partial charge >= 0.3 is 0 Å². The number of carbonyl (C=O) groups excluding carboxylic acids is 1. The van der Waals surface area contributed by atoms with Crippen LogP contribution in [0.3, 0.4) is 0 Å². The molecule has 0 radical (unpaired) electrons.